The van der Waals surface area contributed by atoms with E-state index in [4.69, 9.17) is 0 Å². The van der Waals surface area contributed by atoms with Crippen LogP contribution in [0.25, 0.3) is 0 Å². The number of hydrogen-bond acceptors (Lipinski definition) is 6. The van der Waals surface area contributed by atoms with E-state index in [9.17, 15) is 14.3 Å². The van der Waals surface area contributed by atoms with E-state index >= 15 is 0 Å². The summed E-state index contributed by atoms with van der Waals surface area (Å²) in [4.78, 5) is 11.1. The number of nitrogens with zero attached hydrogens (tertiary/aromatic N) is 5. The zero-order chi connectivity index (χ0) is 16.3. The Labute approximate surface area is 131 Å². The van der Waals surface area contributed by atoms with E-state index in [1.807, 2.05) is 0 Å². The fourth-order valence-electron chi connectivity index (χ4n) is 1.96. The standard InChI is InChI=1S/C14H11N5O3S/c20-19(21)12-6-8-14(9-7-12)23(22,13-4-2-1-3-5-13)17-18-10-15-16-11-18/h1-11H. The molecule has 0 spiro atoms. The van der Waals surface area contributed by atoms with Gasteiger partial charge < -0.3 is 0 Å². The van der Waals surface area contributed by atoms with E-state index in [0.717, 1.165) is 0 Å². The van der Waals surface area contributed by atoms with Gasteiger partial charge in [0.2, 0.25) is 0 Å². The molecule has 0 saturated heterocycles. The summed E-state index contributed by atoms with van der Waals surface area (Å²) in [7, 11) is -3.03. The molecule has 0 aliphatic rings. The van der Waals surface area contributed by atoms with Gasteiger partial charge in [0.05, 0.1) is 14.7 Å². The van der Waals surface area contributed by atoms with Gasteiger partial charge in [0.15, 0.2) is 0 Å². The Morgan fingerprint density at radius 3 is 2.09 bits per heavy atom. The minimum absolute atomic E-state index is 0.0761. The summed E-state index contributed by atoms with van der Waals surface area (Å²) in [6, 6.07) is 14.2. The van der Waals surface area contributed by atoms with Crippen molar-refractivity contribution in [2.24, 2.45) is 4.47 Å². The summed E-state index contributed by atoms with van der Waals surface area (Å²) < 4.78 is 19.0. The summed E-state index contributed by atoms with van der Waals surface area (Å²) in [6.07, 6.45) is 2.65. The van der Waals surface area contributed by atoms with Crippen LogP contribution in [0.5, 0.6) is 0 Å². The number of rotatable bonds is 4. The first kappa shape index (κ1) is 14.9. The fraction of sp³-hybridized carbons (Fsp3) is 0. The Morgan fingerprint density at radius 1 is 0.957 bits per heavy atom. The van der Waals surface area contributed by atoms with Crippen LogP contribution in [0.3, 0.4) is 0 Å². The molecule has 23 heavy (non-hydrogen) atoms. The molecule has 8 nitrogen and oxygen atoms in total. The van der Waals surface area contributed by atoms with Crippen molar-refractivity contribution >= 4 is 15.4 Å². The van der Waals surface area contributed by atoms with E-state index in [2.05, 4.69) is 14.7 Å². The normalized spacial score (nSPS) is 13.2. The van der Waals surface area contributed by atoms with Crippen LogP contribution in [0.2, 0.25) is 0 Å². The second kappa shape index (κ2) is 5.97. The maximum Gasteiger partial charge on any atom is 0.269 e. The molecule has 0 N–H and O–H groups in total. The maximum absolute atomic E-state index is 13.5. The Bertz CT molecular complexity index is 930. The van der Waals surface area contributed by atoms with Crippen molar-refractivity contribution in [3.63, 3.8) is 0 Å². The molecular weight excluding hydrogens is 318 g/mol. The summed E-state index contributed by atoms with van der Waals surface area (Å²) in [6.45, 7) is 0. The molecule has 0 fully saturated rings. The number of nitro groups is 1. The molecule has 1 atom stereocenters. The van der Waals surface area contributed by atoms with E-state index in [1.165, 1.54) is 41.6 Å². The zero-order valence-corrected chi connectivity index (χ0v) is 12.5. The first-order chi connectivity index (χ1) is 11.1. The highest BCUT2D eigenvalue weighted by atomic mass is 32.2. The molecule has 2 aromatic carbocycles. The number of nitro benzene ring substituents is 1. The molecule has 0 saturated carbocycles. The largest absolute Gasteiger partial charge is 0.269 e. The van der Waals surface area contributed by atoms with Gasteiger partial charge in [-0.25, -0.2) is 4.21 Å². The topological polar surface area (TPSA) is 103 Å². The van der Waals surface area contributed by atoms with Gasteiger partial charge in [0.1, 0.15) is 22.4 Å². The van der Waals surface area contributed by atoms with Crippen LogP contribution in [-0.4, -0.2) is 24.0 Å². The van der Waals surface area contributed by atoms with Crippen LogP contribution in [0.15, 0.2) is 81.5 Å². The van der Waals surface area contributed by atoms with E-state index in [-0.39, 0.29) is 5.69 Å². The second-order valence-corrected chi connectivity index (χ2v) is 6.67. The van der Waals surface area contributed by atoms with Gasteiger partial charge in [-0.15, -0.1) is 14.7 Å². The lowest BCUT2D eigenvalue weighted by Crippen LogP contribution is -2.05. The van der Waals surface area contributed by atoms with E-state index < -0.39 is 14.7 Å². The summed E-state index contributed by atoms with van der Waals surface area (Å²) >= 11 is 0. The van der Waals surface area contributed by atoms with Crippen molar-refractivity contribution in [2.75, 3.05) is 0 Å². The third-order valence-electron chi connectivity index (χ3n) is 3.05. The van der Waals surface area contributed by atoms with Crippen molar-refractivity contribution < 1.29 is 9.13 Å². The van der Waals surface area contributed by atoms with Gasteiger partial charge in [-0.05, 0) is 24.3 Å². The monoisotopic (exact) mass is 329 g/mol. The quantitative estimate of drug-likeness (QED) is 0.540. The minimum Gasteiger partial charge on any atom is -0.258 e. The molecule has 116 valence electrons. The number of non-ortho nitro benzene ring substituents is 1. The zero-order valence-electron chi connectivity index (χ0n) is 11.7. The van der Waals surface area contributed by atoms with Crippen LogP contribution >= 0.6 is 0 Å². The molecule has 1 unspecified atom stereocenters. The lowest BCUT2D eigenvalue weighted by atomic mass is 10.3. The van der Waals surface area contributed by atoms with Gasteiger partial charge >= 0.3 is 0 Å². The average Bonchev–Trinajstić information content (AvgIpc) is 3.08. The maximum atomic E-state index is 13.5. The van der Waals surface area contributed by atoms with E-state index in [1.54, 1.807) is 30.3 Å². The van der Waals surface area contributed by atoms with Gasteiger partial charge in [0, 0.05) is 12.1 Å². The van der Waals surface area contributed by atoms with Crippen LogP contribution in [-0.2, 0) is 9.73 Å². The Hall–Kier alpha value is -3.07. The Balaban J connectivity index is 2.21. The first-order valence-corrected chi connectivity index (χ1v) is 8.03. The van der Waals surface area contributed by atoms with E-state index in [0.29, 0.717) is 9.79 Å². The van der Waals surface area contributed by atoms with Gasteiger partial charge in [-0.1, -0.05) is 18.2 Å². The lowest BCUT2D eigenvalue weighted by molar-refractivity contribution is -0.384. The Morgan fingerprint density at radius 2 is 1.52 bits per heavy atom. The molecule has 3 aromatic rings. The van der Waals surface area contributed by atoms with Crippen molar-refractivity contribution in [3.8, 4) is 0 Å². The molecule has 0 radical (unpaired) electrons. The van der Waals surface area contributed by atoms with Gasteiger partial charge in [0.25, 0.3) is 5.69 Å². The molecule has 0 amide bonds. The first-order valence-electron chi connectivity index (χ1n) is 6.51. The summed E-state index contributed by atoms with van der Waals surface area (Å²) in [5.74, 6) is 0. The van der Waals surface area contributed by atoms with Crippen LogP contribution in [0, 0.1) is 10.1 Å². The predicted octanol–water partition coefficient (Wildman–Crippen LogP) is 2.54. The van der Waals surface area contributed by atoms with Crippen molar-refractivity contribution in [2.45, 2.75) is 9.79 Å². The number of aromatic nitrogens is 3. The smallest absolute Gasteiger partial charge is 0.258 e. The highest BCUT2D eigenvalue weighted by Crippen LogP contribution is 2.25. The number of benzene rings is 2. The number of hydrogen-bond donors (Lipinski definition) is 0. The summed E-state index contributed by atoms with van der Waals surface area (Å²) in [5, 5.41) is 18.0. The van der Waals surface area contributed by atoms with Crippen LogP contribution < -0.4 is 0 Å². The molecule has 1 heterocycles. The Kier molecular flexibility index (Phi) is 3.85. The lowest BCUT2D eigenvalue weighted by Gasteiger charge is -2.10. The molecule has 1 aromatic heterocycles. The predicted molar refractivity (Wildman–Crippen MR) is 82.1 cm³/mol. The molecule has 0 aliphatic heterocycles. The third-order valence-corrected chi connectivity index (χ3v) is 5.29. The van der Waals surface area contributed by atoms with Crippen LogP contribution in [0.4, 0.5) is 5.69 Å². The fourth-order valence-corrected chi connectivity index (χ4v) is 3.80. The third kappa shape index (κ3) is 2.94. The molecule has 0 aliphatic carbocycles. The molecule has 3 rings (SSSR count). The molecular formula is C14H11N5O3S. The molecule has 0 bridgehead atoms. The average molecular weight is 329 g/mol. The SMILES string of the molecule is O=[N+]([O-])c1ccc(S(=O)(=Nn2cnnc2)c2ccccc2)cc1. The summed E-state index contributed by atoms with van der Waals surface area (Å²) in [5.41, 5.74) is -0.0761. The van der Waals surface area contributed by atoms with Crippen LogP contribution in [0.1, 0.15) is 0 Å². The van der Waals surface area contributed by atoms with Crippen molar-refractivity contribution in [1.29, 1.82) is 0 Å². The second-order valence-electron chi connectivity index (χ2n) is 4.51. The van der Waals surface area contributed by atoms with Gasteiger partial charge in [-0.2, -0.15) is 4.68 Å². The highest BCUT2D eigenvalue weighted by Gasteiger charge is 2.18. The highest BCUT2D eigenvalue weighted by molar-refractivity contribution is 7.93. The minimum atomic E-state index is -3.03. The van der Waals surface area contributed by atoms with Crippen molar-refractivity contribution in [3.05, 3.63) is 77.4 Å². The van der Waals surface area contributed by atoms with Crippen molar-refractivity contribution in [1.82, 2.24) is 14.9 Å². The molecule has 9 heteroatoms. The van der Waals surface area contributed by atoms with Gasteiger partial charge in [-0.3, -0.25) is 10.1 Å².